The van der Waals surface area contributed by atoms with Crippen molar-refractivity contribution in [3.05, 3.63) is 12.3 Å². The normalized spacial score (nSPS) is 15.4. The smallest absolute Gasteiger partial charge is 0.231 e. The number of rotatable bonds is 5. The van der Waals surface area contributed by atoms with Crippen molar-refractivity contribution in [3.8, 4) is 11.5 Å². The van der Waals surface area contributed by atoms with E-state index in [1.54, 1.807) is 6.07 Å². The zero-order valence-corrected chi connectivity index (χ0v) is 10.5. The molecule has 0 saturated heterocycles. The zero-order valence-electron chi connectivity index (χ0n) is 9.63. The maximum atomic E-state index is 11.2. The van der Waals surface area contributed by atoms with E-state index in [0.717, 1.165) is 19.1 Å². The van der Waals surface area contributed by atoms with E-state index in [1.807, 2.05) is 0 Å². The summed E-state index contributed by atoms with van der Waals surface area (Å²) in [5, 5.41) is 0. The third-order valence-electron chi connectivity index (χ3n) is 2.16. The van der Waals surface area contributed by atoms with Gasteiger partial charge < -0.3 is 9.47 Å². The van der Waals surface area contributed by atoms with Gasteiger partial charge in [-0.1, -0.05) is 0 Å². The van der Waals surface area contributed by atoms with Crippen LogP contribution in [-0.2, 0) is 10.0 Å². The number of anilines is 1. The Bertz CT molecular complexity index is 511. The van der Waals surface area contributed by atoms with Crippen LogP contribution in [-0.4, -0.2) is 32.9 Å². The van der Waals surface area contributed by atoms with Crippen molar-refractivity contribution in [2.24, 2.45) is 0 Å². The van der Waals surface area contributed by atoms with Gasteiger partial charge in [0.05, 0.1) is 25.7 Å². The number of nitrogens with one attached hydrogen (secondary N) is 1. The largest absolute Gasteiger partial charge is 0.495 e. The summed E-state index contributed by atoms with van der Waals surface area (Å²) in [4.78, 5) is 3.98. The van der Waals surface area contributed by atoms with Crippen molar-refractivity contribution < 1.29 is 17.9 Å². The summed E-state index contributed by atoms with van der Waals surface area (Å²) in [6.07, 6.45) is 4.63. The molecule has 0 aliphatic heterocycles. The number of nitrogens with zero attached hydrogens (tertiary/aromatic N) is 1. The highest BCUT2D eigenvalue weighted by Gasteiger charge is 2.25. The molecule has 0 aromatic carbocycles. The monoisotopic (exact) mass is 258 g/mol. The lowest BCUT2D eigenvalue weighted by atomic mass is 10.4. The predicted octanol–water partition coefficient (Wildman–Crippen LogP) is 1.00. The molecule has 1 aliphatic carbocycles. The Hall–Kier alpha value is -1.50. The molecule has 0 radical (unpaired) electrons. The average molecular weight is 258 g/mol. The molecule has 1 N–H and O–H groups in total. The fourth-order valence-electron chi connectivity index (χ4n) is 1.25. The highest BCUT2D eigenvalue weighted by atomic mass is 32.2. The number of aromatic nitrogens is 1. The molecule has 1 aromatic heterocycles. The molecule has 0 bridgehead atoms. The molecule has 1 aliphatic rings. The Morgan fingerprint density at radius 3 is 2.71 bits per heavy atom. The van der Waals surface area contributed by atoms with Gasteiger partial charge in [-0.25, -0.2) is 13.4 Å². The molecule has 1 fully saturated rings. The predicted molar refractivity (Wildman–Crippen MR) is 62.9 cm³/mol. The minimum absolute atomic E-state index is 0.156. The standard InChI is InChI=1S/C10H14N2O4S/c1-15-8-5-9(16-7-3-4-7)10(11-6-8)12-17(2,13)14/h5-7H,3-4H2,1-2H3,(H,11,12). The number of pyridine rings is 1. The molecule has 0 unspecified atom stereocenters. The molecule has 2 rings (SSSR count). The summed E-state index contributed by atoms with van der Waals surface area (Å²) in [6.45, 7) is 0. The average Bonchev–Trinajstić information content (AvgIpc) is 3.02. The first kappa shape index (κ1) is 12.0. The molecular formula is C10H14N2O4S. The first-order valence-corrected chi connectivity index (χ1v) is 7.05. The lowest BCUT2D eigenvalue weighted by molar-refractivity contribution is 0.301. The van der Waals surface area contributed by atoms with Gasteiger partial charge in [0, 0.05) is 6.07 Å². The minimum Gasteiger partial charge on any atom is -0.495 e. The highest BCUT2D eigenvalue weighted by Crippen LogP contribution is 2.33. The quantitative estimate of drug-likeness (QED) is 0.852. The molecule has 17 heavy (non-hydrogen) atoms. The van der Waals surface area contributed by atoms with E-state index in [2.05, 4.69) is 9.71 Å². The molecule has 94 valence electrons. The summed E-state index contributed by atoms with van der Waals surface area (Å²) in [6, 6.07) is 1.62. The van der Waals surface area contributed by atoms with Gasteiger partial charge in [0.15, 0.2) is 11.6 Å². The van der Waals surface area contributed by atoms with Crippen molar-refractivity contribution in [2.45, 2.75) is 18.9 Å². The van der Waals surface area contributed by atoms with Crippen LogP contribution in [0.25, 0.3) is 0 Å². The van der Waals surface area contributed by atoms with Gasteiger partial charge in [0.2, 0.25) is 10.0 Å². The van der Waals surface area contributed by atoms with Gasteiger partial charge in [-0.3, -0.25) is 4.72 Å². The fourth-order valence-corrected chi connectivity index (χ4v) is 1.75. The van der Waals surface area contributed by atoms with Crippen molar-refractivity contribution in [1.29, 1.82) is 0 Å². The number of sulfonamides is 1. The van der Waals surface area contributed by atoms with Gasteiger partial charge in [-0.05, 0) is 12.8 Å². The summed E-state index contributed by atoms with van der Waals surface area (Å²) < 4.78 is 35.3. The van der Waals surface area contributed by atoms with E-state index in [0.29, 0.717) is 11.5 Å². The number of methoxy groups -OCH3 is 1. The Morgan fingerprint density at radius 1 is 1.47 bits per heavy atom. The van der Waals surface area contributed by atoms with Crippen LogP contribution in [0.1, 0.15) is 12.8 Å². The molecule has 7 heteroatoms. The molecule has 0 amide bonds. The zero-order chi connectivity index (χ0) is 12.5. The van der Waals surface area contributed by atoms with E-state index >= 15 is 0 Å². The first-order valence-electron chi connectivity index (χ1n) is 5.16. The van der Waals surface area contributed by atoms with Crippen molar-refractivity contribution in [1.82, 2.24) is 4.98 Å². The van der Waals surface area contributed by atoms with Crippen LogP contribution in [0.3, 0.4) is 0 Å². The number of ether oxygens (including phenoxy) is 2. The van der Waals surface area contributed by atoms with Crippen molar-refractivity contribution in [2.75, 3.05) is 18.1 Å². The second-order valence-electron chi connectivity index (χ2n) is 3.91. The van der Waals surface area contributed by atoms with Gasteiger partial charge in [0.1, 0.15) is 5.75 Å². The fraction of sp³-hybridized carbons (Fsp3) is 0.500. The van der Waals surface area contributed by atoms with E-state index in [9.17, 15) is 8.42 Å². The second kappa shape index (κ2) is 4.40. The Kier molecular flexibility index (Phi) is 3.10. The van der Waals surface area contributed by atoms with Crippen LogP contribution in [0, 0.1) is 0 Å². The second-order valence-corrected chi connectivity index (χ2v) is 5.66. The van der Waals surface area contributed by atoms with Crippen LogP contribution in [0.15, 0.2) is 12.3 Å². The van der Waals surface area contributed by atoms with Gasteiger partial charge in [-0.2, -0.15) is 0 Å². The number of hydrogen-bond acceptors (Lipinski definition) is 5. The summed E-state index contributed by atoms with van der Waals surface area (Å²) in [5.74, 6) is 1.12. The lowest BCUT2D eigenvalue weighted by Gasteiger charge is -2.11. The molecule has 6 nitrogen and oxygen atoms in total. The third kappa shape index (κ3) is 3.48. The Balaban J connectivity index is 2.28. The van der Waals surface area contributed by atoms with Crippen LogP contribution in [0.4, 0.5) is 5.82 Å². The van der Waals surface area contributed by atoms with E-state index < -0.39 is 10.0 Å². The maximum Gasteiger partial charge on any atom is 0.231 e. The number of hydrogen-bond donors (Lipinski definition) is 1. The first-order chi connectivity index (χ1) is 7.98. The summed E-state index contributed by atoms with van der Waals surface area (Å²) in [5.41, 5.74) is 0. The molecule has 1 heterocycles. The highest BCUT2D eigenvalue weighted by molar-refractivity contribution is 7.92. The van der Waals surface area contributed by atoms with Crippen molar-refractivity contribution >= 4 is 15.8 Å². The van der Waals surface area contributed by atoms with Crippen LogP contribution >= 0.6 is 0 Å². The maximum absolute atomic E-state index is 11.2. The molecule has 0 atom stereocenters. The van der Waals surface area contributed by atoms with Crippen LogP contribution in [0.5, 0.6) is 11.5 Å². The van der Waals surface area contributed by atoms with Gasteiger partial charge >= 0.3 is 0 Å². The van der Waals surface area contributed by atoms with E-state index in [1.165, 1.54) is 13.3 Å². The molecule has 0 spiro atoms. The Labute approximate surface area is 100 Å². The van der Waals surface area contributed by atoms with E-state index in [4.69, 9.17) is 9.47 Å². The minimum atomic E-state index is -3.37. The van der Waals surface area contributed by atoms with Crippen LogP contribution < -0.4 is 14.2 Å². The molecule has 1 aromatic rings. The van der Waals surface area contributed by atoms with Crippen molar-refractivity contribution in [3.63, 3.8) is 0 Å². The summed E-state index contributed by atoms with van der Waals surface area (Å²) in [7, 11) is -1.85. The topological polar surface area (TPSA) is 77.5 Å². The molecular weight excluding hydrogens is 244 g/mol. The van der Waals surface area contributed by atoms with E-state index in [-0.39, 0.29) is 11.9 Å². The Morgan fingerprint density at radius 2 is 2.18 bits per heavy atom. The lowest BCUT2D eigenvalue weighted by Crippen LogP contribution is -2.12. The third-order valence-corrected chi connectivity index (χ3v) is 2.73. The SMILES string of the molecule is COc1cnc(NS(C)(=O)=O)c(OC2CC2)c1. The van der Waals surface area contributed by atoms with Gasteiger partial charge in [-0.15, -0.1) is 0 Å². The van der Waals surface area contributed by atoms with Gasteiger partial charge in [0.25, 0.3) is 0 Å². The van der Waals surface area contributed by atoms with Crippen LogP contribution in [0.2, 0.25) is 0 Å². The molecule has 1 saturated carbocycles. The summed E-state index contributed by atoms with van der Waals surface area (Å²) >= 11 is 0.